The molecular formula is C21H22N2O3. The molecule has 1 aliphatic rings. The molecule has 1 aliphatic carbocycles. The highest BCUT2D eigenvalue weighted by atomic mass is 16.5. The van der Waals surface area contributed by atoms with E-state index in [1.807, 2.05) is 18.3 Å². The molecule has 3 aromatic rings. The summed E-state index contributed by atoms with van der Waals surface area (Å²) in [6.07, 6.45) is 6.69. The number of aromatic carboxylic acids is 1. The number of ether oxygens (including phenoxy) is 1. The Morgan fingerprint density at radius 1 is 1.31 bits per heavy atom. The number of aromatic nitrogens is 2. The summed E-state index contributed by atoms with van der Waals surface area (Å²) in [6.45, 7) is 1.48. The first-order valence-electron chi connectivity index (χ1n) is 8.94. The number of benzene rings is 1. The van der Waals surface area contributed by atoms with Crippen molar-refractivity contribution in [2.45, 2.75) is 31.7 Å². The summed E-state index contributed by atoms with van der Waals surface area (Å²) in [4.78, 5) is 16.1. The van der Waals surface area contributed by atoms with E-state index in [9.17, 15) is 9.90 Å². The first-order chi connectivity index (χ1) is 12.7. The molecule has 1 aromatic carbocycles. The van der Waals surface area contributed by atoms with Crippen molar-refractivity contribution in [2.75, 3.05) is 13.7 Å². The molecule has 4 rings (SSSR count). The number of carboxylic acids is 1. The molecule has 0 amide bonds. The average Bonchev–Trinajstić information content (AvgIpc) is 3.41. The van der Waals surface area contributed by atoms with Gasteiger partial charge in [-0.15, -0.1) is 0 Å². The summed E-state index contributed by atoms with van der Waals surface area (Å²) in [6, 6.07) is 10.1. The number of hydrogen-bond donors (Lipinski definition) is 1. The van der Waals surface area contributed by atoms with Gasteiger partial charge in [-0.05, 0) is 59.5 Å². The number of pyridine rings is 1. The van der Waals surface area contributed by atoms with Gasteiger partial charge in [0.15, 0.2) is 0 Å². The van der Waals surface area contributed by atoms with E-state index in [1.54, 1.807) is 7.11 Å². The number of nitrogens with zero attached hydrogens (tertiary/aromatic N) is 2. The lowest BCUT2D eigenvalue weighted by atomic mass is 10.0. The van der Waals surface area contributed by atoms with E-state index in [0.29, 0.717) is 30.2 Å². The van der Waals surface area contributed by atoms with Crippen LogP contribution >= 0.6 is 0 Å². The smallest absolute Gasteiger partial charge is 0.337 e. The first kappa shape index (κ1) is 16.8. The highest BCUT2D eigenvalue weighted by Crippen LogP contribution is 2.40. The first-order valence-corrected chi connectivity index (χ1v) is 8.94. The maximum absolute atomic E-state index is 11.7. The molecule has 1 N–H and O–H groups in total. The molecule has 0 bridgehead atoms. The van der Waals surface area contributed by atoms with Crippen LogP contribution in [-0.2, 0) is 17.7 Å². The number of hydrogen-bond acceptors (Lipinski definition) is 3. The number of carboxylic acid groups (broad SMARTS) is 1. The van der Waals surface area contributed by atoms with E-state index >= 15 is 0 Å². The van der Waals surface area contributed by atoms with Crippen LogP contribution < -0.4 is 0 Å². The van der Waals surface area contributed by atoms with Gasteiger partial charge in [0.1, 0.15) is 0 Å². The van der Waals surface area contributed by atoms with Crippen molar-refractivity contribution in [3.8, 4) is 0 Å². The number of methoxy groups -OCH3 is 1. The highest BCUT2D eigenvalue weighted by Gasteiger charge is 2.25. The SMILES string of the molecule is COCCn1ccc2cc(Cc3ncc(C4CC4)cc3C(=O)O)ccc21. The Bertz CT molecular complexity index is 957. The van der Waals surface area contributed by atoms with Gasteiger partial charge in [0.2, 0.25) is 0 Å². The van der Waals surface area contributed by atoms with Crippen molar-refractivity contribution in [1.29, 1.82) is 0 Å². The quantitative estimate of drug-likeness (QED) is 0.703. The van der Waals surface area contributed by atoms with Gasteiger partial charge in [-0.2, -0.15) is 0 Å². The van der Waals surface area contributed by atoms with Gasteiger partial charge in [0.25, 0.3) is 0 Å². The maximum atomic E-state index is 11.7. The Labute approximate surface area is 152 Å². The molecule has 5 heteroatoms. The number of fused-ring (bicyclic) bond motifs is 1. The number of rotatable bonds is 7. The second kappa shape index (κ2) is 6.92. The van der Waals surface area contributed by atoms with Crippen LogP contribution in [0.25, 0.3) is 10.9 Å². The summed E-state index contributed by atoms with van der Waals surface area (Å²) >= 11 is 0. The largest absolute Gasteiger partial charge is 0.478 e. The van der Waals surface area contributed by atoms with Crippen LogP contribution in [-0.4, -0.2) is 34.3 Å². The van der Waals surface area contributed by atoms with E-state index in [-0.39, 0.29) is 0 Å². The number of carbonyl (C=O) groups is 1. The molecular weight excluding hydrogens is 328 g/mol. The van der Waals surface area contributed by atoms with Gasteiger partial charge in [-0.1, -0.05) is 6.07 Å². The van der Waals surface area contributed by atoms with Gasteiger partial charge in [-0.3, -0.25) is 4.98 Å². The Hall–Kier alpha value is -2.66. The predicted molar refractivity (Wildman–Crippen MR) is 99.8 cm³/mol. The minimum absolute atomic E-state index is 0.326. The minimum atomic E-state index is -0.901. The summed E-state index contributed by atoms with van der Waals surface area (Å²) in [5, 5.41) is 10.7. The molecule has 1 fully saturated rings. The van der Waals surface area contributed by atoms with Crippen LogP contribution in [0.5, 0.6) is 0 Å². The zero-order valence-electron chi connectivity index (χ0n) is 14.8. The van der Waals surface area contributed by atoms with E-state index in [0.717, 1.165) is 41.4 Å². The van der Waals surface area contributed by atoms with Crippen molar-refractivity contribution < 1.29 is 14.6 Å². The van der Waals surface area contributed by atoms with Crippen molar-refractivity contribution >= 4 is 16.9 Å². The lowest BCUT2D eigenvalue weighted by Crippen LogP contribution is -2.07. The normalized spacial score (nSPS) is 14.0. The molecule has 0 saturated heterocycles. The summed E-state index contributed by atoms with van der Waals surface area (Å²) in [5.41, 5.74) is 4.22. The third kappa shape index (κ3) is 3.35. The fourth-order valence-electron chi connectivity index (χ4n) is 3.41. The van der Waals surface area contributed by atoms with Crippen molar-refractivity contribution in [3.63, 3.8) is 0 Å². The summed E-state index contributed by atoms with van der Waals surface area (Å²) in [5.74, 6) is -0.403. The van der Waals surface area contributed by atoms with Crippen molar-refractivity contribution in [3.05, 3.63) is 65.1 Å². The molecule has 0 aliphatic heterocycles. The molecule has 0 spiro atoms. The van der Waals surface area contributed by atoms with E-state index in [2.05, 4.69) is 33.9 Å². The Balaban J connectivity index is 1.61. The lowest BCUT2D eigenvalue weighted by molar-refractivity contribution is 0.0695. The van der Waals surface area contributed by atoms with Crippen molar-refractivity contribution in [1.82, 2.24) is 9.55 Å². The maximum Gasteiger partial charge on any atom is 0.337 e. The minimum Gasteiger partial charge on any atom is -0.478 e. The molecule has 2 heterocycles. The standard InChI is InChI=1S/C21H22N2O3/c1-26-9-8-23-7-6-16-10-14(2-5-20(16)23)11-19-18(21(24)25)12-17(13-22-19)15-3-4-15/h2,5-7,10,12-13,15H,3-4,8-9,11H2,1H3,(H,24,25). The summed E-state index contributed by atoms with van der Waals surface area (Å²) < 4.78 is 7.31. The average molecular weight is 350 g/mol. The van der Waals surface area contributed by atoms with Crippen LogP contribution in [0.1, 0.15) is 45.9 Å². The fraction of sp³-hybridized carbons (Fsp3) is 0.333. The monoisotopic (exact) mass is 350 g/mol. The van der Waals surface area contributed by atoms with E-state index in [4.69, 9.17) is 4.74 Å². The van der Waals surface area contributed by atoms with Gasteiger partial charge in [0.05, 0.1) is 17.9 Å². The third-order valence-electron chi connectivity index (χ3n) is 5.01. The summed E-state index contributed by atoms with van der Waals surface area (Å²) in [7, 11) is 1.70. The van der Waals surface area contributed by atoms with Gasteiger partial charge >= 0.3 is 5.97 Å². The second-order valence-electron chi connectivity index (χ2n) is 6.91. The molecule has 0 atom stereocenters. The molecule has 5 nitrogen and oxygen atoms in total. The lowest BCUT2D eigenvalue weighted by Gasteiger charge is -2.09. The van der Waals surface area contributed by atoms with E-state index in [1.165, 1.54) is 0 Å². The third-order valence-corrected chi connectivity index (χ3v) is 5.01. The zero-order valence-corrected chi connectivity index (χ0v) is 14.8. The van der Waals surface area contributed by atoms with Crippen LogP contribution in [0.2, 0.25) is 0 Å². The molecule has 1 saturated carbocycles. The van der Waals surface area contributed by atoms with E-state index < -0.39 is 5.97 Å². The van der Waals surface area contributed by atoms with Crippen LogP contribution in [0.15, 0.2) is 42.7 Å². The molecule has 134 valence electrons. The Kier molecular flexibility index (Phi) is 4.47. The van der Waals surface area contributed by atoms with Crippen molar-refractivity contribution in [2.24, 2.45) is 0 Å². The predicted octanol–water partition coefficient (Wildman–Crippen LogP) is 3.85. The van der Waals surface area contributed by atoms with Crippen LogP contribution in [0.4, 0.5) is 0 Å². The topological polar surface area (TPSA) is 64.4 Å². The zero-order chi connectivity index (χ0) is 18.1. The molecule has 26 heavy (non-hydrogen) atoms. The van der Waals surface area contributed by atoms with Crippen LogP contribution in [0, 0.1) is 0 Å². The van der Waals surface area contributed by atoms with Gasteiger partial charge in [0, 0.05) is 38.0 Å². The second-order valence-corrected chi connectivity index (χ2v) is 6.91. The fourth-order valence-corrected chi connectivity index (χ4v) is 3.41. The molecule has 0 radical (unpaired) electrons. The Morgan fingerprint density at radius 3 is 2.88 bits per heavy atom. The van der Waals surface area contributed by atoms with Gasteiger partial charge in [-0.25, -0.2) is 4.79 Å². The van der Waals surface area contributed by atoms with Gasteiger partial charge < -0.3 is 14.4 Å². The highest BCUT2D eigenvalue weighted by molar-refractivity contribution is 5.89. The Morgan fingerprint density at radius 2 is 2.15 bits per heavy atom. The molecule has 2 aromatic heterocycles. The van der Waals surface area contributed by atoms with Crippen LogP contribution in [0.3, 0.4) is 0 Å². The molecule has 0 unspecified atom stereocenters.